The monoisotopic (exact) mass is 350 g/mol. The van der Waals surface area contributed by atoms with Crippen LogP contribution in [-0.4, -0.2) is 28.6 Å². The van der Waals surface area contributed by atoms with Gasteiger partial charge in [-0.05, 0) is 12.1 Å². The maximum atomic E-state index is 12.6. The van der Waals surface area contributed by atoms with Crippen LogP contribution in [0.4, 0.5) is 0 Å². The number of ketones is 1. The quantitative estimate of drug-likeness (QED) is 0.388. The molecule has 0 radical (unpaired) electrons. The molecule has 1 heterocycles. The molecule has 3 aromatic rings. The number of nitrogens with zero attached hydrogens (tertiary/aromatic N) is 3. The Labute approximate surface area is 151 Å². The van der Waals surface area contributed by atoms with Gasteiger partial charge in [0.25, 0.3) is 5.82 Å². The minimum atomic E-state index is -0.399. The van der Waals surface area contributed by atoms with E-state index in [1.807, 2.05) is 55.5 Å². The Balaban J connectivity index is 2.00. The molecule has 132 valence electrons. The number of hydrogen-bond acceptors (Lipinski definition) is 4. The number of rotatable bonds is 6. The van der Waals surface area contributed by atoms with Crippen LogP contribution in [0, 0.1) is 6.92 Å². The number of Topliss-reactive ketones (excluding diaryl/α,β-unsaturated/α-hetero) is 1. The summed E-state index contributed by atoms with van der Waals surface area (Å²) >= 11 is 0. The molecule has 0 aliphatic heterocycles. The molecule has 0 spiro atoms. The van der Waals surface area contributed by atoms with E-state index in [0.29, 0.717) is 11.4 Å². The lowest BCUT2D eigenvalue weighted by atomic mass is 10.1. The van der Waals surface area contributed by atoms with Crippen LogP contribution in [0.2, 0.25) is 0 Å². The number of aromatic nitrogens is 3. The number of benzene rings is 2. The van der Waals surface area contributed by atoms with Crippen molar-refractivity contribution in [2.24, 2.45) is 0 Å². The fourth-order valence-corrected chi connectivity index (χ4v) is 2.75. The lowest BCUT2D eigenvalue weighted by Crippen LogP contribution is -2.44. The summed E-state index contributed by atoms with van der Waals surface area (Å²) in [5.74, 6) is 0.808. The average Bonchev–Trinajstić information content (AvgIpc) is 2.98. The van der Waals surface area contributed by atoms with Crippen LogP contribution < -0.4 is 4.57 Å². The molecule has 0 atom stereocenters. The number of ether oxygens (including phenoxy) is 1. The predicted octanol–water partition coefficient (Wildman–Crippen LogP) is 2.07. The smallest absolute Gasteiger partial charge is 0.316 e. The summed E-state index contributed by atoms with van der Waals surface area (Å²) in [5.41, 5.74) is 1.48. The second kappa shape index (κ2) is 7.74. The van der Waals surface area contributed by atoms with Gasteiger partial charge in [0, 0.05) is 17.6 Å². The summed E-state index contributed by atoms with van der Waals surface area (Å²) in [5, 5.41) is 4.54. The zero-order valence-electron chi connectivity index (χ0n) is 14.8. The van der Waals surface area contributed by atoms with Gasteiger partial charge in [-0.2, -0.15) is 0 Å². The predicted molar refractivity (Wildman–Crippen MR) is 95.0 cm³/mol. The topological polar surface area (TPSA) is 65.1 Å². The fourth-order valence-electron chi connectivity index (χ4n) is 2.75. The van der Waals surface area contributed by atoms with Gasteiger partial charge in [-0.1, -0.05) is 53.2 Å². The van der Waals surface area contributed by atoms with Gasteiger partial charge in [0.2, 0.25) is 5.82 Å². The van der Waals surface area contributed by atoms with Crippen LogP contribution in [0.3, 0.4) is 0 Å². The SMILES string of the molecule is COC(=O)Cc1nn(-c2ccccc2)c(C)[n+]1CC(=O)c1ccccc1. The third-order valence-electron chi connectivity index (χ3n) is 4.15. The van der Waals surface area contributed by atoms with Crippen molar-refractivity contribution in [3.05, 3.63) is 77.9 Å². The highest BCUT2D eigenvalue weighted by Gasteiger charge is 2.27. The molecule has 2 aromatic carbocycles. The highest BCUT2D eigenvalue weighted by molar-refractivity contribution is 5.95. The zero-order chi connectivity index (χ0) is 18.5. The highest BCUT2D eigenvalue weighted by Crippen LogP contribution is 2.09. The molecule has 6 nitrogen and oxygen atoms in total. The molecule has 0 saturated heterocycles. The van der Waals surface area contributed by atoms with E-state index < -0.39 is 5.97 Å². The van der Waals surface area contributed by atoms with Gasteiger partial charge in [-0.3, -0.25) is 9.59 Å². The highest BCUT2D eigenvalue weighted by atomic mass is 16.5. The first kappa shape index (κ1) is 17.5. The normalized spacial score (nSPS) is 10.5. The Hall–Kier alpha value is -3.28. The second-order valence-corrected chi connectivity index (χ2v) is 5.84. The number of para-hydroxylation sites is 1. The molecule has 0 saturated carbocycles. The molecular formula is C20H20N3O3+. The lowest BCUT2D eigenvalue weighted by Gasteiger charge is -2.03. The van der Waals surface area contributed by atoms with Gasteiger partial charge in [0.1, 0.15) is 18.7 Å². The summed E-state index contributed by atoms with van der Waals surface area (Å²) in [7, 11) is 1.34. The van der Waals surface area contributed by atoms with E-state index in [9.17, 15) is 9.59 Å². The fraction of sp³-hybridized carbons (Fsp3) is 0.200. The van der Waals surface area contributed by atoms with Crippen molar-refractivity contribution in [3.63, 3.8) is 0 Å². The number of methoxy groups -OCH3 is 1. The van der Waals surface area contributed by atoms with Crippen LogP contribution in [0.5, 0.6) is 0 Å². The Morgan fingerprint density at radius 1 is 1.04 bits per heavy atom. The minimum absolute atomic E-state index is 0.000751. The first-order chi connectivity index (χ1) is 12.6. The van der Waals surface area contributed by atoms with E-state index in [-0.39, 0.29) is 18.7 Å². The first-order valence-electron chi connectivity index (χ1n) is 8.29. The maximum Gasteiger partial charge on any atom is 0.316 e. The molecule has 0 fully saturated rings. The maximum absolute atomic E-state index is 12.6. The third-order valence-corrected chi connectivity index (χ3v) is 4.15. The van der Waals surface area contributed by atoms with Crippen LogP contribution in [0.15, 0.2) is 60.7 Å². The van der Waals surface area contributed by atoms with E-state index in [0.717, 1.165) is 11.5 Å². The summed E-state index contributed by atoms with van der Waals surface area (Å²) in [6.07, 6.45) is -0.000751. The first-order valence-corrected chi connectivity index (χ1v) is 8.29. The molecule has 0 bridgehead atoms. The molecule has 6 heteroatoms. The van der Waals surface area contributed by atoms with Crippen molar-refractivity contribution in [2.45, 2.75) is 19.9 Å². The zero-order valence-corrected chi connectivity index (χ0v) is 14.8. The van der Waals surface area contributed by atoms with Gasteiger partial charge in [-0.25, -0.2) is 4.57 Å². The van der Waals surface area contributed by atoms with Gasteiger partial charge >= 0.3 is 5.97 Å². The Kier molecular flexibility index (Phi) is 5.22. The Bertz CT molecular complexity index is 918. The second-order valence-electron chi connectivity index (χ2n) is 5.84. The molecule has 0 aliphatic carbocycles. The van der Waals surface area contributed by atoms with Crippen molar-refractivity contribution >= 4 is 11.8 Å². The van der Waals surface area contributed by atoms with E-state index in [1.165, 1.54) is 7.11 Å². The van der Waals surface area contributed by atoms with E-state index >= 15 is 0 Å². The largest absolute Gasteiger partial charge is 0.469 e. The van der Waals surface area contributed by atoms with Crippen molar-refractivity contribution in [1.82, 2.24) is 9.78 Å². The van der Waals surface area contributed by atoms with Gasteiger partial charge in [0.05, 0.1) is 7.11 Å². The standard InChI is InChI=1S/C20H20N3O3/c1-15-22(14-18(24)16-9-5-3-6-10-16)19(13-20(25)26-2)21-23(15)17-11-7-4-8-12-17/h3-12H,13-14H2,1-2H3/q+1. The van der Waals surface area contributed by atoms with Gasteiger partial charge in [0.15, 0.2) is 5.78 Å². The van der Waals surface area contributed by atoms with Gasteiger partial charge < -0.3 is 4.74 Å². The number of esters is 1. The van der Waals surface area contributed by atoms with Gasteiger partial charge in [-0.15, -0.1) is 0 Å². The lowest BCUT2D eigenvalue weighted by molar-refractivity contribution is -0.696. The summed E-state index contributed by atoms with van der Waals surface area (Å²) in [6, 6.07) is 18.7. The molecule has 1 aromatic heterocycles. The van der Waals surface area contributed by atoms with Crippen LogP contribution in [0.25, 0.3) is 5.69 Å². The molecule has 3 rings (SSSR count). The molecular weight excluding hydrogens is 330 g/mol. The van der Waals surface area contributed by atoms with Crippen molar-refractivity contribution in [3.8, 4) is 5.69 Å². The van der Waals surface area contributed by atoms with Crippen molar-refractivity contribution < 1.29 is 18.9 Å². The molecule has 0 N–H and O–H groups in total. The van der Waals surface area contributed by atoms with Crippen molar-refractivity contribution in [2.75, 3.05) is 7.11 Å². The Morgan fingerprint density at radius 2 is 1.65 bits per heavy atom. The van der Waals surface area contributed by atoms with Crippen LogP contribution in [-0.2, 0) is 22.5 Å². The molecule has 0 unspecified atom stereocenters. The molecule has 26 heavy (non-hydrogen) atoms. The summed E-state index contributed by atoms with van der Waals surface area (Å²) in [4.78, 5) is 24.4. The van der Waals surface area contributed by atoms with Crippen LogP contribution >= 0.6 is 0 Å². The van der Waals surface area contributed by atoms with Crippen molar-refractivity contribution in [1.29, 1.82) is 0 Å². The number of hydrogen-bond donors (Lipinski definition) is 0. The van der Waals surface area contributed by atoms with E-state index in [1.54, 1.807) is 21.4 Å². The summed E-state index contributed by atoms with van der Waals surface area (Å²) in [6.45, 7) is 1.98. The third kappa shape index (κ3) is 3.69. The number of carbonyl (C=O) groups excluding carboxylic acids is 2. The van der Waals surface area contributed by atoms with E-state index in [4.69, 9.17) is 4.74 Å². The molecule has 0 aliphatic rings. The van der Waals surface area contributed by atoms with Crippen LogP contribution in [0.1, 0.15) is 22.0 Å². The van der Waals surface area contributed by atoms with E-state index in [2.05, 4.69) is 5.10 Å². The number of carbonyl (C=O) groups is 2. The summed E-state index contributed by atoms with van der Waals surface area (Å²) < 4.78 is 8.26. The average molecular weight is 350 g/mol. The molecule has 0 amide bonds. The Morgan fingerprint density at radius 3 is 2.27 bits per heavy atom. The minimum Gasteiger partial charge on any atom is -0.469 e.